The maximum absolute atomic E-state index is 11.8. The SMILES string of the molecule is O=C(COC[C@@H]1CCCO1)N[C@H]1C[C@@H]1c1ccc(Cl)cc1. The summed E-state index contributed by atoms with van der Waals surface area (Å²) in [7, 11) is 0. The molecule has 4 nitrogen and oxygen atoms in total. The Hall–Kier alpha value is -1.10. The van der Waals surface area contributed by atoms with E-state index in [2.05, 4.69) is 5.32 Å². The second kappa shape index (κ2) is 6.77. The summed E-state index contributed by atoms with van der Waals surface area (Å²) in [5.41, 5.74) is 1.23. The Morgan fingerprint density at radius 2 is 2.19 bits per heavy atom. The normalized spacial score (nSPS) is 27.6. The molecular formula is C16H20ClNO3. The van der Waals surface area contributed by atoms with Gasteiger partial charge in [0.05, 0.1) is 12.7 Å². The predicted octanol–water partition coefficient (Wildman–Crippen LogP) is 2.51. The smallest absolute Gasteiger partial charge is 0.246 e. The molecule has 3 rings (SSSR count). The lowest BCUT2D eigenvalue weighted by molar-refractivity contribution is -0.127. The lowest BCUT2D eigenvalue weighted by Crippen LogP contribution is -2.31. The molecule has 21 heavy (non-hydrogen) atoms. The van der Waals surface area contributed by atoms with Gasteiger partial charge in [-0.15, -0.1) is 0 Å². The van der Waals surface area contributed by atoms with Gasteiger partial charge >= 0.3 is 0 Å². The fraction of sp³-hybridized carbons (Fsp3) is 0.562. The van der Waals surface area contributed by atoms with Crippen molar-refractivity contribution in [3.8, 4) is 0 Å². The van der Waals surface area contributed by atoms with Crippen LogP contribution in [0.25, 0.3) is 0 Å². The van der Waals surface area contributed by atoms with Crippen LogP contribution in [-0.4, -0.2) is 37.9 Å². The van der Waals surface area contributed by atoms with E-state index in [1.165, 1.54) is 5.56 Å². The van der Waals surface area contributed by atoms with Crippen molar-refractivity contribution in [3.05, 3.63) is 34.9 Å². The molecule has 0 bridgehead atoms. The van der Waals surface area contributed by atoms with Gasteiger partial charge in [-0.3, -0.25) is 4.79 Å². The van der Waals surface area contributed by atoms with Gasteiger partial charge in [0.15, 0.2) is 0 Å². The summed E-state index contributed by atoms with van der Waals surface area (Å²) in [5.74, 6) is 0.360. The van der Waals surface area contributed by atoms with E-state index >= 15 is 0 Å². The predicted molar refractivity (Wildman–Crippen MR) is 80.5 cm³/mol. The second-order valence-electron chi connectivity index (χ2n) is 5.72. The molecule has 1 N–H and O–H groups in total. The van der Waals surface area contributed by atoms with Crippen LogP contribution in [0.4, 0.5) is 0 Å². The maximum Gasteiger partial charge on any atom is 0.246 e. The van der Waals surface area contributed by atoms with Gasteiger partial charge in [-0.1, -0.05) is 23.7 Å². The van der Waals surface area contributed by atoms with Crippen molar-refractivity contribution in [1.29, 1.82) is 0 Å². The number of carbonyl (C=O) groups excluding carboxylic acids is 1. The van der Waals surface area contributed by atoms with Crippen molar-refractivity contribution < 1.29 is 14.3 Å². The molecule has 3 atom stereocenters. The van der Waals surface area contributed by atoms with Crippen LogP contribution in [0, 0.1) is 0 Å². The number of nitrogens with one attached hydrogen (secondary N) is 1. The van der Waals surface area contributed by atoms with Crippen LogP contribution < -0.4 is 5.32 Å². The average Bonchev–Trinajstić information content (AvgIpc) is 3.02. The first-order valence-electron chi connectivity index (χ1n) is 7.46. The minimum absolute atomic E-state index is 0.0468. The summed E-state index contributed by atoms with van der Waals surface area (Å²) in [4.78, 5) is 11.8. The molecule has 5 heteroatoms. The van der Waals surface area contributed by atoms with Crippen molar-refractivity contribution >= 4 is 17.5 Å². The van der Waals surface area contributed by atoms with E-state index in [0.717, 1.165) is 30.9 Å². The van der Waals surface area contributed by atoms with Gasteiger partial charge in [-0.25, -0.2) is 0 Å². The number of carbonyl (C=O) groups is 1. The third-order valence-electron chi connectivity index (χ3n) is 4.00. The van der Waals surface area contributed by atoms with Gasteiger partial charge in [0.25, 0.3) is 0 Å². The van der Waals surface area contributed by atoms with Crippen LogP contribution in [0.1, 0.15) is 30.7 Å². The van der Waals surface area contributed by atoms with Crippen molar-refractivity contribution in [1.82, 2.24) is 5.32 Å². The largest absolute Gasteiger partial charge is 0.376 e. The van der Waals surface area contributed by atoms with Crippen molar-refractivity contribution in [2.24, 2.45) is 0 Å². The fourth-order valence-corrected chi connectivity index (χ4v) is 2.87. The third kappa shape index (κ3) is 4.19. The number of hydrogen-bond acceptors (Lipinski definition) is 3. The highest BCUT2D eigenvalue weighted by Gasteiger charge is 2.39. The average molecular weight is 310 g/mol. The summed E-state index contributed by atoms with van der Waals surface area (Å²) < 4.78 is 10.9. The van der Waals surface area contributed by atoms with E-state index in [4.69, 9.17) is 21.1 Å². The van der Waals surface area contributed by atoms with E-state index < -0.39 is 0 Å². The topological polar surface area (TPSA) is 47.6 Å². The number of amides is 1. The Morgan fingerprint density at radius 1 is 1.38 bits per heavy atom. The Kier molecular flexibility index (Phi) is 4.78. The van der Waals surface area contributed by atoms with Crippen LogP contribution >= 0.6 is 11.6 Å². The molecule has 0 spiro atoms. The Labute approximate surface area is 129 Å². The van der Waals surface area contributed by atoms with Gasteiger partial charge in [0, 0.05) is 23.6 Å². The molecule has 0 radical (unpaired) electrons. The summed E-state index contributed by atoms with van der Waals surface area (Å²) >= 11 is 5.87. The molecule has 0 unspecified atom stereocenters. The zero-order valence-electron chi connectivity index (χ0n) is 11.9. The number of rotatable bonds is 6. The zero-order chi connectivity index (χ0) is 14.7. The van der Waals surface area contributed by atoms with Crippen LogP contribution in [0.5, 0.6) is 0 Å². The molecule has 1 aromatic rings. The second-order valence-corrected chi connectivity index (χ2v) is 6.15. The summed E-state index contributed by atoms with van der Waals surface area (Å²) in [5, 5.41) is 3.74. The molecule has 0 aromatic heterocycles. The first kappa shape index (κ1) is 14.8. The summed E-state index contributed by atoms with van der Waals surface area (Å²) in [6, 6.07) is 8.04. The number of benzene rings is 1. The quantitative estimate of drug-likeness (QED) is 0.878. The molecule has 1 amide bonds. The molecular weight excluding hydrogens is 290 g/mol. The number of hydrogen-bond donors (Lipinski definition) is 1. The van der Waals surface area contributed by atoms with E-state index in [1.54, 1.807) is 0 Å². The molecule has 1 aromatic carbocycles. The first-order chi connectivity index (χ1) is 10.2. The van der Waals surface area contributed by atoms with E-state index in [1.807, 2.05) is 24.3 Å². The number of halogens is 1. The monoisotopic (exact) mass is 309 g/mol. The molecule has 114 valence electrons. The van der Waals surface area contributed by atoms with E-state index in [0.29, 0.717) is 12.5 Å². The van der Waals surface area contributed by atoms with Crippen molar-refractivity contribution in [3.63, 3.8) is 0 Å². The summed E-state index contributed by atoms with van der Waals surface area (Å²) in [6.45, 7) is 1.44. The maximum atomic E-state index is 11.8. The van der Waals surface area contributed by atoms with Gasteiger partial charge in [0.1, 0.15) is 6.61 Å². The highest BCUT2D eigenvalue weighted by Crippen LogP contribution is 2.40. The van der Waals surface area contributed by atoms with Gasteiger partial charge < -0.3 is 14.8 Å². The molecule has 1 heterocycles. The van der Waals surface area contributed by atoms with Crippen LogP contribution in [0.15, 0.2) is 24.3 Å². The Balaban J connectivity index is 1.35. The van der Waals surface area contributed by atoms with Crippen LogP contribution in [0.3, 0.4) is 0 Å². The Bertz CT molecular complexity index is 485. The fourth-order valence-electron chi connectivity index (χ4n) is 2.74. The standard InChI is InChI=1S/C16H20ClNO3/c17-12-5-3-11(4-6-12)14-8-15(14)18-16(19)10-20-9-13-2-1-7-21-13/h3-6,13-15H,1-2,7-10H2,(H,18,19)/t13-,14+,15-/m0/s1. The highest BCUT2D eigenvalue weighted by atomic mass is 35.5. The molecule has 1 aliphatic carbocycles. The Morgan fingerprint density at radius 3 is 2.90 bits per heavy atom. The summed E-state index contributed by atoms with van der Waals surface area (Å²) in [6.07, 6.45) is 3.27. The molecule has 1 saturated carbocycles. The molecule has 1 saturated heterocycles. The van der Waals surface area contributed by atoms with Gasteiger partial charge in [0.2, 0.25) is 5.91 Å². The lowest BCUT2D eigenvalue weighted by Gasteiger charge is -2.10. The van der Waals surface area contributed by atoms with E-state index in [9.17, 15) is 4.79 Å². The van der Waals surface area contributed by atoms with Gasteiger partial charge in [-0.05, 0) is 37.0 Å². The lowest BCUT2D eigenvalue weighted by atomic mass is 10.1. The van der Waals surface area contributed by atoms with Crippen LogP contribution in [0.2, 0.25) is 5.02 Å². The third-order valence-corrected chi connectivity index (χ3v) is 4.25. The van der Waals surface area contributed by atoms with Gasteiger partial charge in [-0.2, -0.15) is 0 Å². The minimum Gasteiger partial charge on any atom is -0.376 e. The molecule has 2 aliphatic rings. The van der Waals surface area contributed by atoms with Crippen LogP contribution in [-0.2, 0) is 14.3 Å². The molecule has 1 aliphatic heterocycles. The highest BCUT2D eigenvalue weighted by molar-refractivity contribution is 6.30. The van der Waals surface area contributed by atoms with E-state index in [-0.39, 0.29) is 24.7 Å². The van der Waals surface area contributed by atoms with Crippen molar-refractivity contribution in [2.75, 3.05) is 19.8 Å². The number of ether oxygens (including phenoxy) is 2. The zero-order valence-corrected chi connectivity index (χ0v) is 12.6. The first-order valence-corrected chi connectivity index (χ1v) is 7.84. The van der Waals surface area contributed by atoms with Crippen molar-refractivity contribution in [2.45, 2.75) is 37.3 Å². The molecule has 2 fully saturated rings. The minimum atomic E-state index is -0.0468.